The first kappa shape index (κ1) is 19.3. The van der Waals surface area contributed by atoms with Gasteiger partial charge in [-0.3, -0.25) is 9.89 Å². The summed E-state index contributed by atoms with van der Waals surface area (Å²) in [6.45, 7) is 1.96. The fourth-order valence-corrected chi connectivity index (χ4v) is 2.48. The van der Waals surface area contributed by atoms with Gasteiger partial charge < -0.3 is 19.9 Å². The van der Waals surface area contributed by atoms with E-state index < -0.39 is 17.9 Å². The van der Waals surface area contributed by atoms with Gasteiger partial charge in [0.05, 0.1) is 19.9 Å². The molecule has 2 aromatic rings. The van der Waals surface area contributed by atoms with Crippen molar-refractivity contribution in [3.63, 3.8) is 0 Å². The predicted octanol–water partition coefficient (Wildman–Crippen LogP) is 2.47. The monoisotopic (exact) mass is 361 g/mol. The number of rotatable bonds is 9. The highest BCUT2D eigenvalue weighted by Crippen LogP contribution is 2.31. The number of carbonyl (C=O) groups is 2. The second-order valence-corrected chi connectivity index (χ2v) is 5.74. The van der Waals surface area contributed by atoms with Gasteiger partial charge in [0.1, 0.15) is 11.7 Å². The van der Waals surface area contributed by atoms with E-state index in [0.717, 1.165) is 18.4 Å². The number of hydrogen-bond donors (Lipinski definition) is 3. The van der Waals surface area contributed by atoms with Gasteiger partial charge in [-0.15, -0.1) is 0 Å². The maximum Gasteiger partial charge on any atom is 0.326 e. The lowest BCUT2D eigenvalue weighted by Crippen LogP contribution is -2.40. The quantitative estimate of drug-likeness (QED) is 0.632. The molecule has 0 aliphatic rings. The highest BCUT2D eigenvalue weighted by molar-refractivity contribution is 5.95. The number of unbranched alkanes of at least 4 members (excludes halogenated alkanes) is 1. The zero-order valence-electron chi connectivity index (χ0n) is 15.0. The number of H-pyrrole nitrogens is 1. The second kappa shape index (κ2) is 8.89. The van der Waals surface area contributed by atoms with Gasteiger partial charge in [0.2, 0.25) is 0 Å². The third-order valence-corrected chi connectivity index (χ3v) is 3.95. The molecular formula is C18H23N3O5. The Morgan fingerprint density at radius 3 is 2.58 bits per heavy atom. The fourth-order valence-electron chi connectivity index (χ4n) is 2.48. The standard InChI is InChI=1S/C18H23N3O5/c1-4-5-6-12(18(23)24)19-17(22)14-10-13(20-21-14)11-7-8-15(25-2)16(9-11)26-3/h7-10,12H,4-6H2,1-3H3,(H,19,22)(H,20,21)(H,23,24)/t12-/m0/s1. The number of methoxy groups -OCH3 is 2. The number of carboxylic acid groups (broad SMARTS) is 1. The van der Waals surface area contributed by atoms with Crippen molar-refractivity contribution in [3.8, 4) is 22.8 Å². The minimum Gasteiger partial charge on any atom is -0.493 e. The maximum absolute atomic E-state index is 12.3. The van der Waals surface area contributed by atoms with Gasteiger partial charge in [-0.1, -0.05) is 19.8 Å². The Morgan fingerprint density at radius 1 is 1.23 bits per heavy atom. The van der Waals surface area contributed by atoms with Crippen molar-refractivity contribution < 1.29 is 24.2 Å². The number of aromatic nitrogens is 2. The molecule has 3 N–H and O–H groups in total. The van der Waals surface area contributed by atoms with Crippen LogP contribution in [0, 0.1) is 0 Å². The molecule has 0 aliphatic carbocycles. The summed E-state index contributed by atoms with van der Waals surface area (Å²) < 4.78 is 10.5. The number of aliphatic carboxylic acids is 1. The molecule has 0 radical (unpaired) electrons. The number of ether oxygens (including phenoxy) is 2. The van der Waals surface area contributed by atoms with Crippen molar-refractivity contribution in [2.45, 2.75) is 32.2 Å². The van der Waals surface area contributed by atoms with Gasteiger partial charge in [-0.2, -0.15) is 5.10 Å². The summed E-state index contributed by atoms with van der Waals surface area (Å²) in [7, 11) is 3.08. The zero-order chi connectivity index (χ0) is 19.1. The Hall–Kier alpha value is -3.03. The van der Waals surface area contributed by atoms with Crippen LogP contribution in [0.5, 0.6) is 11.5 Å². The molecule has 0 spiro atoms. The van der Waals surface area contributed by atoms with Crippen LogP contribution < -0.4 is 14.8 Å². The topological polar surface area (TPSA) is 114 Å². The van der Waals surface area contributed by atoms with Gasteiger partial charge in [0, 0.05) is 5.56 Å². The predicted molar refractivity (Wildman–Crippen MR) is 95.5 cm³/mol. The Morgan fingerprint density at radius 2 is 1.96 bits per heavy atom. The average molecular weight is 361 g/mol. The first-order valence-electron chi connectivity index (χ1n) is 8.31. The van der Waals surface area contributed by atoms with Crippen LogP contribution in [-0.4, -0.2) is 47.4 Å². The normalized spacial score (nSPS) is 11.7. The molecule has 1 aromatic heterocycles. The number of nitrogens with one attached hydrogen (secondary N) is 2. The molecular weight excluding hydrogens is 338 g/mol. The molecule has 0 fully saturated rings. The number of amides is 1. The zero-order valence-corrected chi connectivity index (χ0v) is 15.0. The van der Waals surface area contributed by atoms with E-state index in [4.69, 9.17) is 9.47 Å². The first-order valence-corrected chi connectivity index (χ1v) is 8.31. The van der Waals surface area contributed by atoms with Crippen molar-refractivity contribution >= 4 is 11.9 Å². The smallest absolute Gasteiger partial charge is 0.326 e. The van der Waals surface area contributed by atoms with Crippen molar-refractivity contribution in [3.05, 3.63) is 30.0 Å². The lowest BCUT2D eigenvalue weighted by Gasteiger charge is -2.13. The van der Waals surface area contributed by atoms with Crippen molar-refractivity contribution in [1.82, 2.24) is 15.5 Å². The second-order valence-electron chi connectivity index (χ2n) is 5.74. The third kappa shape index (κ3) is 4.53. The molecule has 2 rings (SSSR count). The van der Waals surface area contributed by atoms with Crippen molar-refractivity contribution in [2.75, 3.05) is 14.2 Å². The minimum atomic E-state index is -1.05. The van der Waals surface area contributed by atoms with Gasteiger partial charge in [0.25, 0.3) is 5.91 Å². The number of nitrogens with zero attached hydrogens (tertiary/aromatic N) is 1. The van der Waals surface area contributed by atoms with E-state index in [-0.39, 0.29) is 5.69 Å². The maximum atomic E-state index is 12.3. The van der Waals surface area contributed by atoms with Crippen molar-refractivity contribution in [2.24, 2.45) is 0 Å². The van der Waals surface area contributed by atoms with E-state index in [9.17, 15) is 14.7 Å². The van der Waals surface area contributed by atoms with E-state index >= 15 is 0 Å². The lowest BCUT2D eigenvalue weighted by atomic mass is 10.1. The van der Waals surface area contributed by atoms with E-state index in [1.165, 1.54) is 7.11 Å². The summed E-state index contributed by atoms with van der Waals surface area (Å²) in [6, 6.07) is 5.93. The fraction of sp³-hybridized carbons (Fsp3) is 0.389. The molecule has 0 saturated heterocycles. The molecule has 140 valence electrons. The summed E-state index contributed by atoms with van der Waals surface area (Å²) >= 11 is 0. The number of benzene rings is 1. The van der Waals surface area contributed by atoms with Crippen LogP contribution in [-0.2, 0) is 4.79 Å². The van der Waals surface area contributed by atoms with Crippen LogP contribution >= 0.6 is 0 Å². The summed E-state index contributed by atoms with van der Waals surface area (Å²) in [6.07, 6.45) is 1.96. The van der Waals surface area contributed by atoms with Crippen LogP contribution in [0.4, 0.5) is 0 Å². The van der Waals surface area contributed by atoms with Crippen LogP contribution in [0.2, 0.25) is 0 Å². The first-order chi connectivity index (χ1) is 12.5. The number of hydrogen-bond acceptors (Lipinski definition) is 5. The lowest BCUT2D eigenvalue weighted by molar-refractivity contribution is -0.139. The summed E-state index contributed by atoms with van der Waals surface area (Å²) in [4.78, 5) is 23.6. The highest BCUT2D eigenvalue weighted by Gasteiger charge is 2.21. The van der Waals surface area contributed by atoms with Crippen LogP contribution in [0.3, 0.4) is 0 Å². The van der Waals surface area contributed by atoms with E-state index in [2.05, 4.69) is 15.5 Å². The molecule has 1 heterocycles. The Balaban J connectivity index is 2.16. The minimum absolute atomic E-state index is 0.192. The molecule has 0 bridgehead atoms. The Kier molecular flexibility index (Phi) is 6.60. The molecule has 1 aromatic carbocycles. The van der Waals surface area contributed by atoms with E-state index in [1.54, 1.807) is 31.4 Å². The largest absolute Gasteiger partial charge is 0.493 e. The van der Waals surface area contributed by atoms with Crippen LogP contribution in [0.15, 0.2) is 24.3 Å². The molecule has 0 aliphatic heterocycles. The molecule has 0 unspecified atom stereocenters. The van der Waals surface area contributed by atoms with E-state index in [1.807, 2.05) is 6.92 Å². The Labute approximate surface area is 151 Å². The number of aromatic amines is 1. The van der Waals surface area contributed by atoms with Gasteiger partial charge >= 0.3 is 5.97 Å². The summed E-state index contributed by atoms with van der Waals surface area (Å²) in [5.41, 5.74) is 1.47. The number of carbonyl (C=O) groups excluding carboxylic acids is 1. The third-order valence-electron chi connectivity index (χ3n) is 3.95. The molecule has 1 amide bonds. The number of carboxylic acids is 1. The summed E-state index contributed by atoms with van der Waals surface area (Å²) in [5, 5.41) is 18.5. The molecule has 0 saturated carbocycles. The molecule has 8 heteroatoms. The van der Waals surface area contributed by atoms with Gasteiger partial charge in [0.15, 0.2) is 11.5 Å². The molecule has 8 nitrogen and oxygen atoms in total. The van der Waals surface area contributed by atoms with Gasteiger partial charge in [-0.05, 0) is 30.7 Å². The average Bonchev–Trinajstić information content (AvgIpc) is 3.14. The van der Waals surface area contributed by atoms with Gasteiger partial charge in [-0.25, -0.2) is 4.79 Å². The van der Waals surface area contributed by atoms with Crippen molar-refractivity contribution in [1.29, 1.82) is 0 Å². The summed E-state index contributed by atoms with van der Waals surface area (Å²) in [5.74, 6) is -0.423. The molecule has 26 heavy (non-hydrogen) atoms. The SMILES string of the molecule is CCCC[C@H](NC(=O)c1cc(-c2ccc(OC)c(OC)c2)n[nH]1)C(=O)O. The highest BCUT2D eigenvalue weighted by atomic mass is 16.5. The Bertz CT molecular complexity index is 772. The molecule has 1 atom stereocenters. The van der Waals surface area contributed by atoms with E-state index in [0.29, 0.717) is 23.6 Å². The van der Waals surface area contributed by atoms with Crippen LogP contribution in [0.25, 0.3) is 11.3 Å². The van der Waals surface area contributed by atoms with Crippen LogP contribution in [0.1, 0.15) is 36.7 Å².